The maximum atomic E-state index is 12.4. The molecule has 2 atom stereocenters. The lowest BCUT2D eigenvalue weighted by molar-refractivity contribution is -0.0440. The van der Waals surface area contributed by atoms with Gasteiger partial charge in [0.2, 0.25) is 10.0 Å². The average molecular weight is 488 g/mol. The van der Waals surface area contributed by atoms with Gasteiger partial charge in [0.05, 0.1) is 24.5 Å². The van der Waals surface area contributed by atoms with Crippen molar-refractivity contribution in [2.24, 2.45) is 10.7 Å². The summed E-state index contributed by atoms with van der Waals surface area (Å²) >= 11 is 0. The highest BCUT2D eigenvalue weighted by atomic mass is 127. The zero-order chi connectivity index (χ0) is 17.6. The first-order valence-electron chi connectivity index (χ1n) is 9.06. The fraction of sp³-hybridized carbons (Fsp3) is 0.938. The molecule has 0 amide bonds. The molecule has 0 aromatic rings. The molecule has 2 aliphatic rings. The summed E-state index contributed by atoms with van der Waals surface area (Å²) in [5.41, 5.74) is 5.92. The fourth-order valence-corrected chi connectivity index (χ4v) is 4.90. The van der Waals surface area contributed by atoms with Crippen molar-refractivity contribution in [2.75, 3.05) is 25.4 Å². The summed E-state index contributed by atoms with van der Waals surface area (Å²) in [7, 11) is -3.32. The number of ether oxygens (including phenoxy) is 1. The Morgan fingerprint density at radius 3 is 2.28 bits per heavy atom. The summed E-state index contributed by atoms with van der Waals surface area (Å²) in [5, 5.41) is 3.24. The summed E-state index contributed by atoms with van der Waals surface area (Å²) in [6, 6.07) is 0.369. The van der Waals surface area contributed by atoms with Gasteiger partial charge in [0.1, 0.15) is 0 Å². The maximum Gasteiger partial charge on any atom is 0.216 e. The molecule has 1 aliphatic heterocycles. The lowest BCUT2D eigenvalue weighted by Gasteiger charge is -2.34. The summed E-state index contributed by atoms with van der Waals surface area (Å²) in [4.78, 5) is 4.21. The van der Waals surface area contributed by atoms with Crippen LogP contribution in [0, 0.1) is 0 Å². The van der Waals surface area contributed by atoms with Crippen LogP contribution in [0.5, 0.6) is 0 Å². The molecule has 1 saturated heterocycles. The summed E-state index contributed by atoms with van der Waals surface area (Å²) in [5.74, 6) is 0.347. The second-order valence-corrected chi connectivity index (χ2v) is 9.08. The van der Waals surface area contributed by atoms with Gasteiger partial charge in [-0.3, -0.25) is 4.99 Å². The lowest BCUT2D eigenvalue weighted by atomic mass is 10.1. The van der Waals surface area contributed by atoms with Crippen LogP contribution in [-0.4, -0.2) is 62.3 Å². The molecule has 2 fully saturated rings. The number of halogens is 1. The van der Waals surface area contributed by atoms with E-state index in [9.17, 15) is 8.42 Å². The molecule has 0 aromatic heterocycles. The normalized spacial score (nSPS) is 27.4. The van der Waals surface area contributed by atoms with Crippen molar-refractivity contribution in [3.8, 4) is 0 Å². The molecule has 0 spiro atoms. The maximum absolute atomic E-state index is 12.4. The number of nitrogens with two attached hydrogens (primary N) is 1. The van der Waals surface area contributed by atoms with E-state index in [2.05, 4.69) is 10.3 Å². The van der Waals surface area contributed by atoms with Crippen molar-refractivity contribution in [1.29, 1.82) is 0 Å². The first-order chi connectivity index (χ1) is 11.4. The van der Waals surface area contributed by atoms with Crippen LogP contribution in [0.25, 0.3) is 0 Å². The zero-order valence-corrected chi connectivity index (χ0v) is 18.5. The number of sulfonamides is 1. The Morgan fingerprint density at radius 2 is 1.72 bits per heavy atom. The molecule has 3 N–H and O–H groups in total. The molecule has 148 valence electrons. The third-order valence-electron chi connectivity index (χ3n) is 4.62. The van der Waals surface area contributed by atoms with Gasteiger partial charge in [-0.1, -0.05) is 25.7 Å². The Bertz CT molecular complexity index is 511. The van der Waals surface area contributed by atoms with Gasteiger partial charge in [0.25, 0.3) is 0 Å². The minimum atomic E-state index is -3.32. The largest absolute Gasteiger partial charge is 0.373 e. The molecular weight excluding hydrogens is 455 g/mol. The lowest BCUT2D eigenvalue weighted by Crippen LogP contribution is -2.49. The van der Waals surface area contributed by atoms with Crippen LogP contribution in [0.4, 0.5) is 0 Å². The van der Waals surface area contributed by atoms with E-state index in [1.54, 1.807) is 0 Å². The second kappa shape index (κ2) is 10.9. The van der Waals surface area contributed by atoms with Crippen molar-refractivity contribution in [2.45, 2.75) is 70.6 Å². The van der Waals surface area contributed by atoms with Crippen molar-refractivity contribution in [3.63, 3.8) is 0 Å². The molecule has 2 rings (SSSR count). The number of nitrogens with one attached hydrogen (secondary N) is 1. The minimum Gasteiger partial charge on any atom is -0.373 e. The highest BCUT2D eigenvalue weighted by molar-refractivity contribution is 14.0. The number of morpholine rings is 1. The molecule has 1 aliphatic carbocycles. The van der Waals surface area contributed by atoms with Crippen LogP contribution >= 0.6 is 24.0 Å². The topological polar surface area (TPSA) is 97.0 Å². The minimum absolute atomic E-state index is 0. The Morgan fingerprint density at radius 1 is 1.16 bits per heavy atom. The van der Waals surface area contributed by atoms with Crippen LogP contribution in [-0.2, 0) is 14.8 Å². The Balaban J connectivity index is 0.00000312. The number of nitrogens with zero attached hydrogens (tertiary/aromatic N) is 2. The van der Waals surface area contributed by atoms with Crippen molar-refractivity contribution in [3.05, 3.63) is 0 Å². The van der Waals surface area contributed by atoms with Gasteiger partial charge in [-0.05, 0) is 26.7 Å². The quantitative estimate of drug-likeness (QED) is 0.266. The molecule has 0 aromatic carbocycles. The van der Waals surface area contributed by atoms with E-state index in [0.717, 1.165) is 12.8 Å². The van der Waals surface area contributed by atoms with Crippen LogP contribution < -0.4 is 11.1 Å². The van der Waals surface area contributed by atoms with Gasteiger partial charge in [-0.2, -0.15) is 4.31 Å². The van der Waals surface area contributed by atoms with Gasteiger partial charge < -0.3 is 15.8 Å². The summed E-state index contributed by atoms with van der Waals surface area (Å²) in [6.45, 7) is 4.79. The predicted octanol–water partition coefficient (Wildman–Crippen LogP) is 1.67. The van der Waals surface area contributed by atoms with Crippen molar-refractivity contribution in [1.82, 2.24) is 9.62 Å². The molecule has 25 heavy (non-hydrogen) atoms. The number of rotatable bonds is 5. The van der Waals surface area contributed by atoms with Crippen molar-refractivity contribution < 1.29 is 13.2 Å². The van der Waals surface area contributed by atoms with Gasteiger partial charge in [0.15, 0.2) is 5.96 Å². The SMILES string of the molecule is CC1CN(S(=O)(=O)CCN=C(N)NC2CCCCCC2)CC(C)O1.I. The van der Waals surface area contributed by atoms with Gasteiger partial charge >= 0.3 is 0 Å². The van der Waals surface area contributed by atoms with E-state index in [1.807, 2.05) is 13.8 Å². The van der Waals surface area contributed by atoms with Crippen molar-refractivity contribution >= 4 is 40.0 Å². The standard InChI is InChI=1S/C16H32N4O3S.HI/c1-13-11-20(12-14(2)23-13)24(21,22)10-9-18-16(17)19-15-7-5-3-4-6-8-15;/h13-15H,3-12H2,1-2H3,(H3,17,18,19);1H. The van der Waals surface area contributed by atoms with Crippen LogP contribution in [0.15, 0.2) is 4.99 Å². The molecular formula is C16H33IN4O3S. The van der Waals surface area contributed by atoms with Gasteiger partial charge in [-0.15, -0.1) is 24.0 Å². The molecule has 1 saturated carbocycles. The van der Waals surface area contributed by atoms with E-state index in [1.165, 1.54) is 30.0 Å². The fourth-order valence-electron chi connectivity index (χ4n) is 3.45. The number of aliphatic imine (C=N–C) groups is 1. The summed E-state index contributed by atoms with van der Waals surface area (Å²) in [6.07, 6.45) is 7.06. The molecule has 7 nitrogen and oxygen atoms in total. The third-order valence-corrected chi connectivity index (χ3v) is 6.40. The predicted molar refractivity (Wildman–Crippen MR) is 112 cm³/mol. The van der Waals surface area contributed by atoms with E-state index in [4.69, 9.17) is 10.5 Å². The van der Waals surface area contributed by atoms with Crippen LogP contribution in [0.2, 0.25) is 0 Å². The first kappa shape index (κ1) is 22.9. The second-order valence-electron chi connectivity index (χ2n) is 6.99. The monoisotopic (exact) mass is 488 g/mol. The van der Waals surface area contributed by atoms with E-state index in [-0.39, 0.29) is 48.5 Å². The third kappa shape index (κ3) is 7.96. The number of hydrogen-bond donors (Lipinski definition) is 2. The smallest absolute Gasteiger partial charge is 0.216 e. The highest BCUT2D eigenvalue weighted by Crippen LogP contribution is 2.17. The molecule has 1 heterocycles. The Hall–Kier alpha value is -0.130. The number of guanidine groups is 1. The molecule has 0 radical (unpaired) electrons. The number of hydrogen-bond acceptors (Lipinski definition) is 4. The Labute approximate surface area is 169 Å². The molecule has 9 heteroatoms. The van der Waals surface area contributed by atoms with Crippen LogP contribution in [0.1, 0.15) is 52.4 Å². The van der Waals surface area contributed by atoms with E-state index < -0.39 is 10.0 Å². The van der Waals surface area contributed by atoms with Gasteiger partial charge in [-0.25, -0.2) is 8.42 Å². The van der Waals surface area contributed by atoms with E-state index in [0.29, 0.717) is 25.1 Å². The van der Waals surface area contributed by atoms with E-state index >= 15 is 0 Å². The summed E-state index contributed by atoms with van der Waals surface area (Å²) < 4.78 is 32.0. The Kier molecular flexibility index (Phi) is 9.97. The highest BCUT2D eigenvalue weighted by Gasteiger charge is 2.30. The first-order valence-corrected chi connectivity index (χ1v) is 10.7. The zero-order valence-electron chi connectivity index (χ0n) is 15.3. The van der Waals surface area contributed by atoms with Crippen LogP contribution in [0.3, 0.4) is 0 Å². The van der Waals surface area contributed by atoms with Gasteiger partial charge in [0, 0.05) is 19.1 Å². The molecule has 2 unspecified atom stereocenters. The average Bonchev–Trinajstić information content (AvgIpc) is 2.74. The molecule has 0 bridgehead atoms.